The predicted molar refractivity (Wildman–Crippen MR) is 60.8 cm³/mol. The minimum atomic E-state index is 0.0815. The average Bonchev–Trinajstić information content (AvgIpc) is 2.16. The Kier molecular flexibility index (Phi) is 1.82. The highest BCUT2D eigenvalue weighted by molar-refractivity contribution is 6.09. The molecule has 0 saturated carbocycles. The number of nitrogens with zero attached hydrogens (tertiary/aromatic N) is 1. The van der Waals surface area contributed by atoms with Crippen LogP contribution in [0.2, 0.25) is 0 Å². The van der Waals surface area contributed by atoms with E-state index in [2.05, 4.69) is 52.0 Å². The second kappa shape index (κ2) is 2.69. The van der Waals surface area contributed by atoms with E-state index in [1.165, 1.54) is 11.3 Å². The van der Waals surface area contributed by atoms with Crippen LogP contribution < -0.4 is 0 Å². The molecule has 0 aromatic heterocycles. The summed E-state index contributed by atoms with van der Waals surface area (Å²) in [6, 6.07) is 10.4. The van der Waals surface area contributed by atoms with Crippen LogP contribution >= 0.6 is 0 Å². The van der Waals surface area contributed by atoms with Crippen molar-refractivity contribution in [3.05, 3.63) is 35.9 Å². The van der Waals surface area contributed by atoms with Gasteiger partial charge in [-0.2, -0.15) is 0 Å². The molecule has 0 fully saturated rings. The highest BCUT2D eigenvalue weighted by Gasteiger charge is 2.49. The summed E-state index contributed by atoms with van der Waals surface area (Å²) in [6.45, 7) is 8.92. The Bertz CT molecular complexity index is 371. The van der Waals surface area contributed by atoms with Crippen molar-refractivity contribution in [2.45, 2.75) is 33.2 Å². The molecule has 1 aromatic carbocycles. The van der Waals surface area contributed by atoms with E-state index < -0.39 is 0 Å². The lowest BCUT2D eigenvalue weighted by atomic mass is 9.64. The zero-order valence-electron chi connectivity index (χ0n) is 9.33. The Hall–Kier alpha value is -1.11. The molecule has 0 bridgehead atoms. The van der Waals surface area contributed by atoms with Crippen LogP contribution in [0.15, 0.2) is 35.3 Å². The molecule has 1 nitrogen and oxygen atoms in total. The predicted octanol–water partition coefficient (Wildman–Crippen LogP) is 3.29. The topological polar surface area (TPSA) is 12.4 Å². The third-order valence-corrected chi connectivity index (χ3v) is 3.56. The van der Waals surface area contributed by atoms with Gasteiger partial charge in [0.25, 0.3) is 0 Å². The van der Waals surface area contributed by atoms with Crippen molar-refractivity contribution in [3.8, 4) is 0 Å². The van der Waals surface area contributed by atoms with Gasteiger partial charge in [0, 0.05) is 5.41 Å². The Morgan fingerprint density at radius 3 is 1.93 bits per heavy atom. The molecular formula is C13H17N. The summed E-state index contributed by atoms with van der Waals surface area (Å²) in [7, 11) is 0. The van der Waals surface area contributed by atoms with E-state index in [0.717, 1.165) is 0 Å². The minimum Gasteiger partial charge on any atom is -0.281 e. The summed E-state index contributed by atoms with van der Waals surface area (Å²) in [5.41, 5.74) is 2.77. The summed E-state index contributed by atoms with van der Waals surface area (Å²) in [5.74, 6) is 0. The second-order valence-electron chi connectivity index (χ2n) is 5.01. The van der Waals surface area contributed by atoms with Crippen LogP contribution in [0.4, 0.5) is 0 Å². The van der Waals surface area contributed by atoms with Gasteiger partial charge >= 0.3 is 0 Å². The number of benzene rings is 1. The molecule has 0 spiro atoms. The quantitative estimate of drug-likeness (QED) is 0.639. The molecule has 1 aromatic rings. The normalized spacial score (nSPS) is 22.4. The average molecular weight is 187 g/mol. The fraction of sp³-hybridized carbons (Fsp3) is 0.462. The van der Waals surface area contributed by atoms with Gasteiger partial charge in [-0.25, -0.2) is 0 Å². The lowest BCUT2D eigenvalue weighted by molar-refractivity contribution is 0.254. The molecule has 0 atom stereocenters. The second-order valence-corrected chi connectivity index (χ2v) is 5.01. The molecule has 0 amide bonds. The van der Waals surface area contributed by atoms with Crippen molar-refractivity contribution >= 4 is 5.71 Å². The number of hydrogen-bond acceptors (Lipinski definition) is 1. The summed E-state index contributed by atoms with van der Waals surface area (Å²) < 4.78 is 0. The van der Waals surface area contributed by atoms with Gasteiger partial charge in [0.15, 0.2) is 0 Å². The van der Waals surface area contributed by atoms with Crippen LogP contribution in [0.5, 0.6) is 0 Å². The molecule has 1 heterocycles. The van der Waals surface area contributed by atoms with Crippen molar-refractivity contribution in [3.63, 3.8) is 0 Å². The van der Waals surface area contributed by atoms with Gasteiger partial charge in [0.1, 0.15) is 0 Å². The summed E-state index contributed by atoms with van der Waals surface area (Å²) in [6.07, 6.45) is 0. The molecule has 2 rings (SSSR count). The first-order chi connectivity index (χ1) is 6.45. The minimum absolute atomic E-state index is 0.0815. The number of hydrogen-bond donors (Lipinski definition) is 0. The SMILES string of the molecule is CC1(C)N=C(c2ccccc2)C1(C)C. The van der Waals surface area contributed by atoms with Crippen molar-refractivity contribution in [1.29, 1.82) is 0 Å². The first kappa shape index (κ1) is 9.45. The van der Waals surface area contributed by atoms with Crippen molar-refractivity contribution in [2.75, 3.05) is 0 Å². The lowest BCUT2D eigenvalue weighted by Gasteiger charge is -2.49. The monoisotopic (exact) mass is 187 g/mol. The molecule has 14 heavy (non-hydrogen) atoms. The third kappa shape index (κ3) is 1.12. The largest absolute Gasteiger partial charge is 0.281 e. The fourth-order valence-electron chi connectivity index (χ4n) is 1.82. The zero-order valence-corrected chi connectivity index (χ0v) is 9.33. The Morgan fingerprint density at radius 2 is 1.50 bits per heavy atom. The molecule has 1 aliphatic heterocycles. The lowest BCUT2D eigenvalue weighted by Crippen LogP contribution is -2.53. The van der Waals surface area contributed by atoms with Gasteiger partial charge in [-0.05, 0) is 19.4 Å². The summed E-state index contributed by atoms with van der Waals surface area (Å²) >= 11 is 0. The molecule has 74 valence electrons. The summed E-state index contributed by atoms with van der Waals surface area (Å²) in [4.78, 5) is 4.69. The maximum atomic E-state index is 4.69. The Balaban J connectivity index is 2.42. The van der Waals surface area contributed by atoms with Gasteiger partial charge < -0.3 is 0 Å². The first-order valence-corrected chi connectivity index (χ1v) is 5.11. The van der Waals surface area contributed by atoms with Crippen LogP contribution in [-0.4, -0.2) is 11.3 Å². The highest BCUT2D eigenvalue weighted by Crippen LogP contribution is 2.45. The van der Waals surface area contributed by atoms with Gasteiger partial charge in [-0.15, -0.1) is 0 Å². The van der Waals surface area contributed by atoms with Gasteiger partial charge in [0.2, 0.25) is 0 Å². The van der Waals surface area contributed by atoms with Crippen LogP contribution in [0.25, 0.3) is 0 Å². The van der Waals surface area contributed by atoms with Crippen molar-refractivity contribution in [2.24, 2.45) is 10.4 Å². The molecule has 0 N–H and O–H groups in total. The van der Waals surface area contributed by atoms with Crippen LogP contribution in [0.3, 0.4) is 0 Å². The molecule has 1 aliphatic rings. The fourth-order valence-corrected chi connectivity index (χ4v) is 1.82. The van der Waals surface area contributed by atoms with E-state index in [1.807, 2.05) is 6.07 Å². The van der Waals surface area contributed by atoms with E-state index in [1.54, 1.807) is 0 Å². The molecular weight excluding hydrogens is 170 g/mol. The maximum Gasteiger partial charge on any atom is 0.0661 e. The number of rotatable bonds is 1. The Labute approximate surface area is 85.9 Å². The standard InChI is InChI=1S/C13H17N/c1-12(2)11(14-13(12,3)4)10-8-6-5-7-9-10/h5-9H,1-4H3. The van der Waals surface area contributed by atoms with Crippen molar-refractivity contribution in [1.82, 2.24) is 0 Å². The van der Waals surface area contributed by atoms with Crippen molar-refractivity contribution < 1.29 is 0 Å². The first-order valence-electron chi connectivity index (χ1n) is 5.11. The summed E-state index contributed by atoms with van der Waals surface area (Å²) in [5, 5.41) is 0. The molecule has 0 unspecified atom stereocenters. The Morgan fingerprint density at radius 1 is 0.929 bits per heavy atom. The molecule has 0 radical (unpaired) electrons. The van der Waals surface area contributed by atoms with Gasteiger partial charge in [-0.1, -0.05) is 44.2 Å². The van der Waals surface area contributed by atoms with Gasteiger partial charge in [-0.3, -0.25) is 4.99 Å². The smallest absolute Gasteiger partial charge is 0.0661 e. The molecule has 0 aliphatic carbocycles. The zero-order chi connectivity index (χ0) is 10.4. The molecule has 1 heteroatoms. The third-order valence-electron chi connectivity index (χ3n) is 3.56. The van der Waals surface area contributed by atoms with Crippen LogP contribution in [0.1, 0.15) is 33.3 Å². The van der Waals surface area contributed by atoms with E-state index in [9.17, 15) is 0 Å². The maximum absolute atomic E-state index is 4.69. The van der Waals surface area contributed by atoms with Crippen LogP contribution in [-0.2, 0) is 0 Å². The van der Waals surface area contributed by atoms with E-state index in [0.29, 0.717) is 0 Å². The van der Waals surface area contributed by atoms with E-state index in [-0.39, 0.29) is 11.0 Å². The molecule has 0 saturated heterocycles. The van der Waals surface area contributed by atoms with Crippen LogP contribution in [0, 0.1) is 5.41 Å². The van der Waals surface area contributed by atoms with E-state index in [4.69, 9.17) is 4.99 Å². The highest BCUT2D eigenvalue weighted by atomic mass is 15.0. The van der Waals surface area contributed by atoms with Gasteiger partial charge in [0.05, 0.1) is 11.3 Å². The van der Waals surface area contributed by atoms with E-state index >= 15 is 0 Å². The number of aliphatic imine (C=N–C) groups is 1.